The Hall–Kier alpha value is -2.42. The maximum absolute atomic E-state index is 15.4. The lowest BCUT2D eigenvalue weighted by Crippen LogP contribution is -2.43. The summed E-state index contributed by atoms with van der Waals surface area (Å²) in [6.07, 6.45) is 3.56. The van der Waals surface area contributed by atoms with Gasteiger partial charge in [0.15, 0.2) is 5.82 Å². The van der Waals surface area contributed by atoms with Crippen molar-refractivity contribution < 1.29 is 19.0 Å². The Labute approximate surface area is 213 Å². The molecule has 2 aliphatic rings. The number of thiophene rings is 1. The number of nitrogens with zero attached hydrogens (tertiary/aromatic N) is 3. The van der Waals surface area contributed by atoms with E-state index in [0.717, 1.165) is 47.5 Å². The van der Waals surface area contributed by atoms with Gasteiger partial charge in [0.2, 0.25) is 0 Å². The highest BCUT2D eigenvalue weighted by molar-refractivity contribution is 7.19. The summed E-state index contributed by atoms with van der Waals surface area (Å²) in [5, 5.41) is 10.2. The highest BCUT2D eigenvalue weighted by Crippen LogP contribution is 2.46. The second kappa shape index (κ2) is 9.22. The first-order valence-electron chi connectivity index (χ1n) is 11.9. The van der Waals surface area contributed by atoms with Crippen LogP contribution in [0.1, 0.15) is 44.1 Å². The number of halogens is 2. The van der Waals surface area contributed by atoms with E-state index >= 15 is 4.39 Å². The summed E-state index contributed by atoms with van der Waals surface area (Å²) in [4.78, 5) is 21.7. The SMILES string of the molecule is CC(C)(C)OC(=O)N1CC[C@H](N2CCCc3cc(Cl)cc(-c4c(F)cnc5cc(CO)sc45)c32)C1. The third kappa shape index (κ3) is 4.71. The molecule has 0 unspecified atom stereocenters. The number of hydrogen-bond acceptors (Lipinski definition) is 6. The van der Waals surface area contributed by atoms with Gasteiger partial charge >= 0.3 is 6.09 Å². The number of carbonyl (C=O) groups excluding carboxylic acids is 1. The molecule has 1 saturated heterocycles. The smallest absolute Gasteiger partial charge is 0.410 e. The average molecular weight is 518 g/mol. The van der Waals surface area contributed by atoms with Gasteiger partial charge in [0.1, 0.15) is 5.60 Å². The number of anilines is 1. The predicted molar refractivity (Wildman–Crippen MR) is 138 cm³/mol. The Morgan fingerprint density at radius 1 is 1.31 bits per heavy atom. The van der Waals surface area contributed by atoms with Crippen LogP contribution in [0, 0.1) is 5.82 Å². The zero-order valence-electron chi connectivity index (χ0n) is 20.1. The standard InChI is InChI=1S/C26H29ClFN3O3S/c1-26(2,3)34-25(33)30-8-6-17(13-30)31-7-4-5-15-9-16(27)10-19(23(15)31)22-20(28)12-29-21-11-18(14-32)35-24(21)22/h9-12,17,32H,4-8,13-14H2,1-3H3/t17-/m0/s1. The van der Waals surface area contributed by atoms with E-state index < -0.39 is 11.4 Å². The van der Waals surface area contributed by atoms with Crippen LogP contribution < -0.4 is 4.90 Å². The molecular weight excluding hydrogens is 489 g/mol. The number of aryl methyl sites for hydroxylation is 1. The molecule has 1 amide bonds. The Kier molecular flexibility index (Phi) is 6.40. The molecule has 1 aromatic carbocycles. The zero-order chi connectivity index (χ0) is 24.9. The number of fused-ring (bicyclic) bond motifs is 2. The van der Waals surface area contributed by atoms with Gasteiger partial charge in [0, 0.05) is 52.4 Å². The quantitative estimate of drug-likeness (QED) is 0.461. The van der Waals surface area contributed by atoms with E-state index in [-0.39, 0.29) is 18.7 Å². The van der Waals surface area contributed by atoms with Gasteiger partial charge in [-0.3, -0.25) is 4.98 Å². The van der Waals surface area contributed by atoms with Crippen molar-refractivity contribution >= 4 is 44.9 Å². The number of aliphatic hydroxyl groups excluding tert-OH is 1. The zero-order valence-corrected chi connectivity index (χ0v) is 21.7. The molecule has 4 heterocycles. The summed E-state index contributed by atoms with van der Waals surface area (Å²) in [6, 6.07) is 5.69. The number of benzene rings is 1. The van der Waals surface area contributed by atoms with Crippen LogP contribution in [-0.4, -0.2) is 52.4 Å². The summed E-state index contributed by atoms with van der Waals surface area (Å²) in [7, 11) is 0. The molecular formula is C26H29ClFN3O3S. The summed E-state index contributed by atoms with van der Waals surface area (Å²) >= 11 is 7.89. The molecule has 5 rings (SSSR count). The average Bonchev–Trinajstić information content (AvgIpc) is 3.44. The largest absolute Gasteiger partial charge is 0.444 e. The first-order valence-corrected chi connectivity index (χ1v) is 13.1. The second-order valence-corrected chi connectivity index (χ2v) is 11.8. The molecule has 3 aromatic rings. The van der Waals surface area contributed by atoms with Crippen LogP contribution in [0.3, 0.4) is 0 Å². The van der Waals surface area contributed by atoms with Gasteiger partial charge in [0.05, 0.1) is 23.0 Å². The van der Waals surface area contributed by atoms with Crippen molar-refractivity contribution in [2.45, 2.75) is 58.3 Å². The third-order valence-electron chi connectivity index (χ3n) is 6.51. The van der Waals surface area contributed by atoms with Crippen LogP contribution in [0.5, 0.6) is 0 Å². The number of hydrogen-bond donors (Lipinski definition) is 1. The van der Waals surface area contributed by atoms with Crippen molar-refractivity contribution in [3.63, 3.8) is 0 Å². The van der Waals surface area contributed by atoms with Crippen molar-refractivity contribution in [3.8, 4) is 11.1 Å². The van der Waals surface area contributed by atoms with Gasteiger partial charge in [0.25, 0.3) is 0 Å². The molecule has 0 spiro atoms. The van der Waals surface area contributed by atoms with Crippen LogP contribution in [0.15, 0.2) is 24.4 Å². The number of aromatic nitrogens is 1. The van der Waals surface area contributed by atoms with E-state index in [1.807, 2.05) is 32.9 Å². The van der Waals surface area contributed by atoms with Crippen molar-refractivity contribution in [3.05, 3.63) is 45.7 Å². The number of aliphatic hydroxyl groups is 1. The summed E-state index contributed by atoms with van der Waals surface area (Å²) in [5.41, 5.74) is 3.37. The molecule has 9 heteroatoms. The third-order valence-corrected chi connectivity index (χ3v) is 7.86. The van der Waals surface area contributed by atoms with Crippen LogP contribution in [0.4, 0.5) is 14.9 Å². The molecule has 0 bridgehead atoms. The van der Waals surface area contributed by atoms with Crippen molar-refractivity contribution in [2.24, 2.45) is 0 Å². The molecule has 186 valence electrons. The fourth-order valence-electron chi connectivity index (χ4n) is 5.12. The number of ether oxygens (including phenoxy) is 1. The van der Waals surface area contributed by atoms with Crippen molar-refractivity contribution in [2.75, 3.05) is 24.5 Å². The molecule has 0 saturated carbocycles. The minimum Gasteiger partial charge on any atom is -0.444 e. The predicted octanol–water partition coefficient (Wildman–Crippen LogP) is 6.01. The van der Waals surface area contributed by atoms with Gasteiger partial charge < -0.3 is 19.6 Å². The second-order valence-electron chi connectivity index (χ2n) is 10.2. The monoisotopic (exact) mass is 517 g/mol. The van der Waals surface area contributed by atoms with Gasteiger partial charge in [-0.1, -0.05) is 11.6 Å². The lowest BCUT2D eigenvalue weighted by atomic mass is 9.92. The molecule has 1 N–H and O–H groups in total. The van der Waals surface area contributed by atoms with E-state index in [2.05, 4.69) is 9.88 Å². The molecule has 0 radical (unpaired) electrons. The minimum absolute atomic E-state index is 0.0956. The molecule has 2 aliphatic heterocycles. The first kappa shape index (κ1) is 24.3. The Morgan fingerprint density at radius 2 is 2.11 bits per heavy atom. The van der Waals surface area contributed by atoms with Gasteiger partial charge in [-0.25, -0.2) is 9.18 Å². The number of pyridine rings is 1. The lowest BCUT2D eigenvalue weighted by Gasteiger charge is -2.38. The molecule has 1 atom stereocenters. The molecule has 2 aromatic heterocycles. The van der Waals surface area contributed by atoms with Gasteiger partial charge in [-0.2, -0.15) is 0 Å². The normalized spacial score (nSPS) is 18.3. The van der Waals surface area contributed by atoms with Gasteiger partial charge in [-0.05, 0) is 63.8 Å². The Morgan fingerprint density at radius 3 is 2.86 bits per heavy atom. The van der Waals surface area contributed by atoms with Crippen LogP contribution >= 0.6 is 22.9 Å². The summed E-state index contributed by atoms with van der Waals surface area (Å²) < 4.78 is 21.7. The molecule has 6 nitrogen and oxygen atoms in total. The summed E-state index contributed by atoms with van der Waals surface area (Å²) in [6.45, 7) is 7.47. The molecule has 0 aliphatic carbocycles. The van der Waals surface area contributed by atoms with E-state index in [0.29, 0.717) is 33.9 Å². The van der Waals surface area contributed by atoms with Crippen LogP contribution in [0.25, 0.3) is 21.3 Å². The number of carbonyl (C=O) groups is 1. The fourth-order valence-corrected chi connectivity index (χ4v) is 6.38. The molecule has 1 fully saturated rings. The maximum atomic E-state index is 15.4. The Bertz CT molecular complexity index is 1290. The van der Waals surface area contributed by atoms with E-state index in [1.165, 1.54) is 17.5 Å². The van der Waals surface area contributed by atoms with E-state index in [9.17, 15) is 9.90 Å². The van der Waals surface area contributed by atoms with Gasteiger partial charge in [-0.15, -0.1) is 11.3 Å². The number of likely N-dealkylation sites (tertiary alicyclic amines) is 1. The number of amides is 1. The summed E-state index contributed by atoms with van der Waals surface area (Å²) in [5.74, 6) is -0.416. The lowest BCUT2D eigenvalue weighted by molar-refractivity contribution is 0.0292. The highest BCUT2D eigenvalue weighted by atomic mass is 35.5. The van der Waals surface area contributed by atoms with E-state index in [4.69, 9.17) is 16.3 Å². The fraction of sp³-hybridized carbons (Fsp3) is 0.462. The van der Waals surface area contributed by atoms with Crippen molar-refractivity contribution in [1.82, 2.24) is 9.88 Å². The Balaban J connectivity index is 1.57. The van der Waals surface area contributed by atoms with Crippen molar-refractivity contribution in [1.29, 1.82) is 0 Å². The van der Waals surface area contributed by atoms with Crippen LogP contribution in [0.2, 0.25) is 5.02 Å². The maximum Gasteiger partial charge on any atom is 0.410 e. The van der Waals surface area contributed by atoms with E-state index in [1.54, 1.807) is 11.0 Å². The topological polar surface area (TPSA) is 65.9 Å². The minimum atomic E-state index is -0.546. The first-order chi connectivity index (χ1) is 16.6. The number of rotatable bonds is 3. The van der Waals surface area contributed by atoms with Crippen LogP contribution in [-0.2, 0) is 17.8 Å². The molecule has 35 heavy (non-hydrogen) atoms. The highest BCUT2D eigenvalue weighted by Gasteiger charge is 2.36.